The Kier molecular flexibility index (Phi) is 6.18. The van der Waals surface area contributed by atoms with Crippen molar-refractivity contribution in [2.75, 3.05) is 0 Å². The Morgan fingerprint density at radius 1 is 0.327 bits per heavy atom. The number of benzene rings is 8. The molecule has 3 aromatic heterocycles. The molecule has 0 aliphatic rings. The molecule has 0 aliphatic carbocycles. The van der Waals surface area contributed by atoms with Gasteiger partial charge in [0.2, 0.25) is 0 Å². The first-order chi connectivity index (χ1) is 25.8. The number of aromatic nitrogens is 3. The van der Waals surface area contributed by atoms with E-state index >= 15 is 0 Å². The van der Waals surface area contributed by atoms with Crippen molar-refractivity contribution in [2.45, 2.75) is 0 Å². The van der Waals surface area contributed by atoms with E-state index < -0.39 is 0 Å². The summed E-state index contributed by atoms with van der Waals surface area (Å²) in [4.78, 5) is 15.7. The van der Waals surface area contributed by atoms with Gasteiger partial charge < -0.3 is 8.83 Å². The minimum absolute atomic E-state index is 0.577. The highest BCUT2D eigenvalue weighted by atomic mass is 16.3. The van der Waals surface area contributed by atoms with Crippen LogP contribution in [0.15, 0.2) is 173 Å². The van der Waals surface area contributed by atoms with Gasteiger partial charge in [0, 0.05) is 43.6 Å². The first-order valence-corrected chi connectivity index (χ1v) is 17.4. The number of hydrogen-bond donors (Lipinski definition) is 0. The van der Waals surface area contributed by atoms with Crippen LogP contribution in [0, 0.1) is 0 Å². The summed E-state index contributed by atoms with van der Waals surface area (Å²) in [5.41, 5.74) is 8.30. The van der Waals surface area contributed by atoms with E-state index in [1.807, 2.05) is 48.5 Å². The fourth-order valence-corrected chi connectivity index (χ4v) is 7.72. The lowest BCUT2D eigenvalue weighted by atomic mass is 9.94. The molecule has 0 N–H and O–H groups in total. The third kappa shape index (κ3) is 4.39. The van der Waals surface area contributed by atoms with Crippen molar-refractivity contribution in [3.05, 3.63) is 164 Å². The monoisotopic (exact) mass is 665 g/mol. The van der Waals surface area contributed by atoms with E-state index in [0.29, 0.717) is 17.5 Å². The molecule has 0 saturated carbocycles. The highest BCUT2D eigenvalue weighted by molar-refractivity contribution is 6.22. The minimum atomic E-state index is 0.577. The number of rotatable bonds is 4. The lowest BCUT2D eigenvalue weighted by molar-refractivity contribution is 0.669. The molecule has 11 rings (SSSR count). The second-order valence-electron chi connectivity index (χ2n) is 13.1. The molecule has 5 nitrogen and oxygen atoms in total. The summed E-state index contributed by atoms with van der Waals surface area (Å²) in [6.45, 7) is 0. The number of hydrogen-bond acceptors (Lipinski definition) is 5. The predicted octanol–water partition coefficient (Wildman–Crippen LogP) is 12.6. The summed E-state index contributed by atoms with van der Waals surface area (Å²) in [6.07, 6.45) is 0. The summed E-state index contributed by atoms with van der Waals surface area (Å²) in [6, 6.07) is 56.3. The van der Waals surface area contributed by atoms with Crippen molar-refractivity contribution >= 4 is 65.4 Å². The van der Waals surface area contributed by atoms with Crippen LogP contribution in [0.1, 0.15) is 0 Å². The van der Waals surface area contributed by atoms with Gasteiger partial charge in [0.05, 0.1) is 0 Å². The Bertz CT molecular complexity index is 3190. The molecule has 242 valence electrons. The van der Waals surface area contributed by atoms with Crippen molar-refractivity contribution in [1.82, 2.24) is 15.0 Å². The number of para-hydroxylation sites is 1. The van der Waals surface area contributed by atoms with Crippen LogP contribution < -0.4 is 0 Å². The van der Waals surface area contributed by atoms with Crippen LogP contribution >= 0.6 is 0 Å². The predicted molar refractivity (Wildman–Crippen MR) is 211 cm³/mol. The zero-order valence-corrected chi connectivity index (χ0v) is 27.7. The van der Waals surface area contributed by atoms with E-state index in [9.17, 15) is 0 Å². The summed E-state index contributed by atoms with van der Waals surface area (Å²) in [5.74, 6) is 1.77. The SMILES string of the molecule is c1ccc(-c2cc3c(oc4cccc(-c5nc(-c6ccc7oc8ccccc8c7c6)nc(-c6cccc7ccccc67)n5)c43)c3ccccc23)cc1. The van der Waals surface area contributed by atoms with Crippen LogP contribution in [-0.2, 0) is 0 Å². The maximum Gasteiger partial charge on any atom is 0.164 e. The van der Waals surface area contributed by atoms with E-state index in [0.717, 1.165) is 93.2 Å². The lowest BCUT2D eigenvalue weighted by Gasteiger charge is -2.11. The van der Waals surface area contributed by atoms with Gasteiger partial charge >= 0.3 is 0 Å². The molecular formula is C47H27N3O2. The van der Waals surface area contributed by atoms with Crippen LogP contribution in [0.5, 0.6) is 0 Å². The van der Waals surface area contributed by atoms with Crippen molar-refractivity contribution in [1.29, 1.82) is 0 Å². The standard InChI is InChI=1S/C47H27N3O2/c1-2-12-29(13-3-1)37-27-39-43-36(21-11-23-42(43)52-44(39)34-19-7-6-17-32(34)37)47-49-45(30-24-25-41-38(26-30)33-18-8-9-22-40(33)51-41)48-46(50-47)35-20-10-15-28-14-4-5-16-31(28)35/h1-27H. The van der Waals surface area contributed by atoms with Gasteiger partial charge in [-0.3, -0.25) is 0 Å². The zero-order chi connectivity index (χ0) is 34.2. The molecule has 0 unspecified atom stereocenters. The van der Waals surface area contributed by atoms with E-state index in [2.05, 4.69) is 115 Å². The van der Waals surface area contributed by atoms with Crippen LogP contribution in [-0.4, -0.2) is 15.0 Å². The first kappa shape index (κ1) is 28.7. The van der Waals surface area contributed by atoms with Crippen molar-refractivity contribution in [2.24, 2.45) is 0 Å². The Hall–Kier alpha value is -7.11. The average molecular weight is 666 g/mol. The molecule has 0 amide bonds. The molecule has 5 heteroatoms. The summed E-state index contributed by atoms with van der Waals surface area (Å²) in [7, 11) is 0. The lowest BCUT2D eigenvalue weighted by Crippen LogP contribution is -2.01. The van der Waals surface area contributed by atoms with Crippen molar-refractivity contribution < 1.29 is 8.83 Å². The maximum atomic E-state index is 6.70. The van der Waals surface area contributed by atoms with E-state index in [1.165, 1.54) is 0 Å². The molecule has 0 atom stereocenters. The fraction of sp³-hybridized carbons (Fsp3) is 0. The Labute approximate surface area is 297 Å². The van der Waals surface area contributed by atoms with Gasteiger partial charge in [0.25, 0.3) is 0 Å². The molecule has 0 spiro atoms. The third-order valence-electron chi connectivity index (χ3n) is 10.1. The smallest absolute Gasteiger partial charge is 0.164 e. The number of furan rings is 2. The van der Waals surface area contributed by atoms with Gasteiger partial charge in [0.15, 0.2) is 17.5 Å². The summed E-state index contributed by atoms with van der Waals surface area (Å²) >= 11 is 0. The molecule has 0 saturated heterocycles. The Balaban J connectivity index is 1.21. The molecule has 0 bridgehead atoms. The molecule has 11 aromatic rings. The largest absolute Gasteiger partial charge is 0.456 e. The minimum Gasteiger partial charge on any atom is -0.456 e. The molecule has 0 radical (unpaired) electrons. The van der Waals surface area contributed by atoms with Gasteiger partial charge in [0.1, 0.15) is 22.3 Å². The highest BCUT2D eigenvalue weighted by Crippen LogP contribution is 2.43. The van der Waals surface area contributed by atoms with Gasteiger partial charge in [-0.05, 0) is 63.7 Å². The fourth-order valence-electron chi connectivity index (χ4n) is 7.72. The molecule has 3 heterocycles. The Morgan fingerprint density at radius 2 is 0.962 bits per heavy atom. The first-order valence-electron chi connectivity index (χ1n) is 17.4. The van der Waals surface area contributed by atoms with Crippen LogP contribution in [0.4, 0.5) is 0 Å². The summed E-state index contributed by atoms with van der Waals surface area (Å²) in [5, 5.41) is 8.47. The van der Waals surface area contributed by atoms with E-state index in [-0.39, 0.29) is 0 Å². The third-order valence-corrected chi connectivity index (χ3v) is 10.1. The number of fused-ring (bicyclic) bond motifs is 9. The normalized spacial score (nSPS) is 11.8. The molecule has 8 aromatic carbocycles. The molecule has 0 fully saturated rings. The molecule has 52 heavy (non-hydrogen) atoms. The van der Waals surface area contributed by atoms with Crippen molar-refractivity contribution in [3.8, 4) is 45.3 Å². The molecular weight excluding hydrogens is 639 g/mol. The summed E-state index contributed by atoms with van der Waals surface area (Å²) < 4.78 is 12.9. The highest BCUT2D eigenvalue weighted by Gasteiger charge is 2.21. The van der Waals surface area contributed by atoms with Crippen LogP contribution in [0.3, 0.4) is 0 Å². The van der Waals surface area contributed by atoms with Gasteiger partial charge in [-0.25, -0.2) is 15.0 Å². The quantitative estimate of drug-likeness (QED) is 0.187. The maximum absolute atomic E-state index is 6.70. The average Bonchev–Trinajstić information content (AvgIpc) is 3.79. The van der Waals surface area contributed by atoms with Gasteiger partial charge in [-0.15, -0.1) is 0 Å². The Morgan fingerprint density at radius 3 is 1.85 bits per heavy atom. The van der Waals surface area contributed by atoms with Crippen LogP contribution in [0.25, 0.3) is 111 Å². The van der Waals surface area contributed by atoms with Gasteiger partial charge in [-0.1, -0.05) is 127 Å². The van der Waals surface area contributed by atoms with E-state index in [1.54, 1.807) is 0 Å². The van der Waals surface area contributed by atoms with Crippen LogP contribution in [0.2, 0.25) is 0 Å². The second-order valence-corrected chi connectivity index (χ2v) is 13.1. The zero-order valence-electron chi connectivity index (χ0n) is 27.7. The van der Waals surface area contributed by atoms with Gasteiger partial charge in [-0.2, -0.15) is 0 Å². The number of nitrogens with zero attached hydrogens (tertiary/aromatic N) is 3. The van der Waals surface area contributed by atoms with E-state index in [4.69, 9.17) is 23.8 Å². The second kappa shape index (κ2) is 11.2. The van der Waals surface area contributed by atoms with Crippen molar-refractivity contribution in [3.63, 3.8) is 0 Å². The topological polar surface area (TPSA) is 65.0 Å². The molecule has 0 aliphatic heterocycles.